The second-order valence-electron chi connectivity index (χ2n) is 12.5. The van der Waals surface area contributed by atoms with E-state index >= 15 is 0 Å². The average molecular weight is 638 g/mol. The summed E-state index contributed by atoms with van der Waals surface area (Å²) in [7, 11) is 0. The van der Waals surface area contributed by atoms with Crippen LogP contribution in [-0.2, 0) is 20.7 Å². The first-order valence-corrected chi connectivity index (χ1v) is 15.6. The molecule has 47 heavy (non-hydrogen) atoms. The Kier molecular flexibility index (Phi) is 10.00. The van der Waals surface area contributed by atoms with Crippen molar-refractivity contribution in [3.63, 3.8) is 0 Å². The van der Waals surface area contributed by atoms with E-state index in [0.717, 1.165) is 18.4 Å². The Morgan fingerprint density at radius 3 is 2.64 bits per heavy atom. The Morgan fingerprint density at radius 2 is 1.91 bits per heavy atom. The number of carbonyl (C=O) groups is 3. The molecule has 3 heterocycles. The van der Waals surface area contributed by atoms with E-state index in [0.29, 0.717) is 46.8 Å². The van der Waals surface area contributed by atoms with Crippen LogP contribution >= 0.6 is 0 Å². The number of aromatic nitrogens is 2. The Bertz CT molecular complexity index is 1780. The molecule has 1 fully saturated rings. The van der Waals surface area contributed by atoms with Crippen LogP contribution in [-0.4, -0.2) is 62.3 Å². The van der Waals surface area contributed by atoms with Gasteiger partial charge in [-0.25, -0.2) is 4.79 Å². The number of H-pyrrole nitrogens is 1. The van der Waals surface area contributed by atoms with Crippen LogP contribution in [0.1, 0.15) is 62.5 Å². The molecule has 11 heteroatoms. The molecular formula is C36H39N5O6. The van der Waals surface area contributed by atoms with Gasteiger partial charge in [-0.3, -0.25) is 14.7 Å². The van der Waals surface area contributed by atoms with E-state index in [-0.39, 0.29) is 24.0 Å². The molecule has 11 nitrogen and oxygen atoms in total. The molecule has 3 amide bonds. The molecule has 0 aliphatic carbocycles. The van der Waals surface area contributed by atoms with Gasteiger partial charge in [0.15, 0.2) is 0 Å². The summed E-state index contributed by atoms with van der Waals surface area (Å²) in [5, 5.41) is 23.0. The summed E-state index contributed by atoms with van der Waals surface area (Å²) in [5.41, 5.74) is 3.41. The van der Waals surface area contributed by atoms with Gasteiger partial charge in [-0.05, 0) is 95.5 Å². The number of phenols is 1. The number of aromatic amines is 1. The monoisotopic (exact) mass is 637 g/mol. The van der Waals surface area contributed by atoms with Gasteiger partial charge >= 0.3 is 6.09 Å². The molecular weight excluding hydrogens is 598 g/mol. The fourth-order valence-electron chi connectivity index (χ4n) is 5.39. The summed E-state index contributed by atoms with van der Waals surface area (Å²) < 4.78 is 10.9. The normalized spacial score (nSPS) is 15.2. The van der Waals surface area contributed by atoms with Crippen molar-refractivity contribution >= 4 is 23.6 Å². The van der Waals surface area contributed by atoms with Crippen molar-refractivity contribution in [3.8, 4) is 28.8 Å². The fourth-order valence-corrected chi connectivity index (χ4v) is 5.39. The first-order valence-electron chi connectivity index (χ1n) is 15.6. The van der Waals surface area contributed by atoms with Gasteiger partial charge in [0.2, 0.25) is 11.8 Å². The summed E-state index contributed by atoms with van der Waals surface area (Å²) in [5.74, 6) is 6.18. The predicted molar refractivity (Wildman–Crippen MR) is 176 cm³/mol. The number of carbonyl (C=O) groups excluding carboxylic acids is 3. The van der Waals surface area contributed by atoms with Gasteiger partial charge in [-0.2, -0.15) is 5.10 Å². The van der Waals surface area contributed by atoms with Gasteiger partial charge in [-0.15, -0.1) is 0 Å². The lowest BCUT2D eigenvalue weighted by Crippen LogP contribution is -2.57. The standard InChI is InChI=1S/C36H39N5O6/c1-23-10-17-31(42)28(20-23)32-25(22-37-40-32)14-11-24-12-15-26(16-13-24)38-33(43)30-9-5-6-18-41(30)34(44)29(21-27-8-7-19-46-27)39-35(45)47-36(2,3)4/h7-8,10,12-13,15-17,19-20,22,29-30,42H,5-6,9,18,21H2,1-4H3,(H,37,40)(H,38,43)(H,39,45)/t29-,30?/m0/s1. The van der Waals surface area contributed by atoms with E-state index in [1.54, 1.807) is 69.4 Å². The summed E-state index contributed by atoms with van der Waals surface area (Å²) in [6, 6.07) is 14.2. The molecule has 0 spiro atoms. The van der Waals surface area contributed by atoms with Crippen LogP contribution in [0.15, 0.2) is 71.5 Å². The van der Waals surface area contributed by atoms with Crippen LogP contribution in [0.25, 0.3) is 11.3 Å². The number of rotatable bonds is 7. The maximum Gasteiger partial charge on any atom is 0.408 e. The zero-order valence-electron chi connectivity index (χ0n) is 26.9. The minimum absolute atomic E-state index is 0.116. The second-order valence-corrected chi connectivity index (χ2v) is 12.5. The number of alkyl carbamates (subject to hydrolysis) is 1. The molecule has 2 atom stereocenters. The molecule has 1 aliphatic heterocycles. The quantitative estimate of drug-likeness (QED) is 0.194. The molecule has 0 bridgehead atoms. The maximum atomic E-state index is 13.9. The molecule has 0 radical (unpaired) electrons. The molecule has 0 saturated carbocycles. The number of anilines is 1. The summed E-state index contributed by atoms with van der Waals surface area (Å²) in [4.78, 5) is 41.6. The van der Waals surface area contributed by atoms with Crippen LogP contribution in [0.5, 0.6) is 5.75 Å². The van der Waals surface area contributed by atoms with Crippen LogP contribution in [0.4, 0.5) is 10.5 Å². The van der Waals surface area contributed by atoms with E-state index in [4.69, 9.17) is 9.15 Å². The predicted octanol–water partition coefficient (Wildman–Crippen LogP) is 5.54. The SMILES string of the molecule is Cc1ccc(O)c(-c2[nH]ncc2C#Cc2ccc(NC(=O)C3CCCCN3C(=O)[C@H](Cc3ccco3)NC(=O)OC(C)(C)C)cc2)c1. The van der Waals surface area contributed by atoms with Crippen LogP contribution in [0, 0.1) is 18.8 Å². The number of nitrogens with zero attached hydrogens (tertiary/aromatic N) is 2. The van der Waals surface area contributed by atoms with Crippen LogP contribution < -0.4 is 10.6 Å². The Morgan fingerprint density at radius 1 is 1.13 bits per heavy atom. The largest absolute Gasteiger partial charge is 0.507 e. The lowest BCUT2D eigenvalue weighted by atomic mass is 9.99. The van der Waals surface area contributed by atoms with E-state index in [9.17, 15) is 19.5 Å². The number of hydrogen-bond donors (Lipinski definition) is 4. The number of hydrogen-bond acceptors (Lipinski definition) is 7. The molecule has 5 rings (SSSR count). The number of phenolic OH excluding ortho intramolecular Hbond substituents is 1. The van der Waals surface area contributed by atoms with Gasteiger partial charge in [-0.1, -0.05) is 23.5 Å². The van der Waals surface area contributed by atoms with E-state index in [1.807, 2.05) is 19.1 Å². The van der Waals surface area contributed by atoms with Gasteiger partial charge in [0, 0.05) is 29.8 Å². The highest BCUT2D eigenvalue weighted by molar-refractivity contribution is 5.98. The number of piperidine rings is 1. The minimum atomic E-state index is -0.979. The minimum Gasteiger partial charge on any atom is -0.507 e. The van der Waals surface area contributed by atoms with Crippen molar-refractivity contribution in [2.24, 2.45) is 0 Å². The Hall–Kier alpha value is -5.50. The molecule has 4 N–H and O–H groups in total. The number of ether oxygens (including phenoxy) is 1. The van der Waals surface area contributed by atoms with Gasteiger partial charge in [0.25, 0.3) is 0 Å². The third kappa shape index (κ3) is 8.61. The van der Waals surface area contributed by atoms with Crippen molar-refractivity contribution in [2.75, 3.05) is 11.9 Å². The van der Waals surface area contributed by atoms with Gasteiger partial charge in [0.05, 0.1) is 23.7 Å². The third-order valence-electron chi connectivity index (χ3n) is 7.62. The lowest BCUT2D eigenvalue weighted by Gasteiger charge is -2.37. The van der Waals surface area contributed by atoms with Crippen molar-refractivity contribution < 1.29 is 28.6 Å². The number of benzene rings is 2. The van der Waals surface area contributed by atoms with E-state index in [2.05, 4.69) is 32.7 Å². The summed E-state index contributed by atoms with van der Waals surface area (Å²) in [6.07, 6.45) is 4.53. The van der Waals surface area contributed by atoms with Crippen molar-refractivity contribution in [3.05, 3.63) is 89.5 Å². The van der Waals surface area contributed by atoms with Crippen molar-refractivity contribution in [2.45, 2.75) is 71.1 Å². The van der Waals surface area contributed by atoms with Crippen LogP contribution in [0.2, 0.25) is 0 Å². The van der Waals surface area contributed by atoms with Crippen molar-refractivity contribution in [1.82, 2.24) is 20.4 Å². The first-order chi connectivity index (χ1) is 22.5. The average Bonchev–Trinajstić information content (AvgIpc) is 3.73. The maximum absolute atomic E-state index is 13.9. The third-order valence-corrected chi connectivity index (χ3v) is 7.62. The number of nitrogens with one attached hydrogen (secondary N) is 3. The highest BCUT2D eigenvalue weighted by Gasteiger charge is 2.37. The molecule has 2 aromatic carbocycles. The van der Waals surface area contributed by atoms with E-state index < -0.39 is 23.8 Å². The second kappa shape index (κ2) is 14.3. The molecule has 244 valence electrons. The molecule has 2 aromatic heterocycles. The number of aryl methyl sites for hydroxylation is 1. The molecule has 4 aromatic rings. The number of likely N-dealkylation sites (tertiary alicyclic amines) is 1. The zero-order chi connectivity index (χ0) is 33.6. The zero-order valence-corrected chi connectivity index (χ0v) is 26.9. The lowest BCUT2D eigenvalue weighted by molar-refractivity contribution is -0.142. The van der Waals surface area contributed by atoms with Gasteiger partial charge in [0.1, 0.15) is 29.2 Å². The Labute approximate surface area is 273 Å². The van der Waals surface area contributed by atoms with Crippen LogP contribution in [0.3, 0.4) is 0 Å². The molecule has 1 unspecified atom stereocenters. The molecule has 1 saturated heterocycles. The summed E-state index contributed by atoms with van der Waals surface area (Å²) >= 11 is 0. The molecule has 1 aliphatic rings. The number of furan rings is 1. The highest BCUT2D eigenvalue weighted by atomic mass is 16.6. The summed E-state index contributed by atoms with van der Waals surface area (Å²) in [6.45, 7) is 7.56. The van der Waals surface area contributed by atoms with E-state index in [1.165, 1.54) is 11.2 Å². The van der Waals surface area contributed by atoms with Gasteiger partial charge < -0.3 is 29.8 Å². The highest BCUT2D eigenvalue weighted by Crippen LogP contribution is 2.30. The smallest absolute Gasteiger partial charge is 0.408 e. The Balaban J connectivity index is 1.27. The topological polar surface area (TPSA) is 150 Å². The first kappa shape index (κ1) is 32.9. The fraction of sp³-hybridized carbons (Fsp3) is 0.333. The number of amides is 3. The van der Waals surface area contributed by atoms with Crippen molar-refractivity contribution in [1.29, 1.82) is 0 Å². The number of aromatic hydroxyl groups is 1.